The Balaban J connectivity index is 3.06. The maximum absolute atomic E-state index is 10.3. The van der Waals surface area contributed by atoms with Gasteiger partial charge in [-0.3, -0.25) is 4.79 Å². The van der Waals surface area contributed by atoms with Crippen molar-refractivity contribution in [3.63, 3.8) is 0 Å². The summed E-state index contributed by atoms with van der Waals surface area (Å²) in [6, 6.07) is 0. The maximum Gasteiger partial charge on any atom is 0.303 e. The predicted molar refractivity (Wildman–Crippen MR) is 77.9 cm³/mol. The molecule has 2 heteroatoms. The molecular formula is C16H32O2. The molecular weight excluding hydrogens is 224 g/mol. The van der Waals surface area contributed by atoms with Gasteiger partial charge in [-0.15, -0.1) is 0 Å². The molecule has 0 aliphatic heterocycles. The number of hydrogen-bond donors (Lipinski definition) is 1. The van der Waals surface area contributed by atoms with Crippen molar-refractivity contribution < 1.29 is 9.90 Å². The van der Waals surface area contributed by atoms with Crippen molar-refractivity contribution in [1.82, 2.24) is 0 Å². The number of rotatable bonds is 11. The summed E-state index contributed by atoms with van der Waals surface area (Å²) >= 11 is 0. The monoisotopic (exact) mass is 256 g/mol. The van der Waals surface area contributed by atoms with Crippen LogP contribution in [0.2, 0.25) is 0 Å². The van der Waals surface area contributed by atoms with E-state index in [0.29, 0.717) is 11.8 Å². The second-order valence-electron chi connectivity index (χ2n) is 6.64. The van der Waals surface area contributed by atoms with E-state index in [9.17, 15) is 4.79 Å². The van der Waals surface area contributed by atoms with Crippen molar-refractivity contribution in [1.29, 1.82) is 0 Å². The molecule has 0 aliphatic carbocycles. The van der Waals surface area contributed by atoms with E-state index in [0.717, 1.165) is 12.8 Å². The Bertz CT molecular complexity index is 204. The van der Waals surface area contributed by atoms with Gasteiger partial charge < -0.3 is 5.11 Å². The lowest BCUT2D eigenvalue weighted by molar-refractivity contribution is -0.137. The topological polar surface area (TPSA) is 37.3 Å². The summed E-state index contributed by atoms with van der Waals surface area (Å²) in [5, 5.41) is 8.49. The second-order valence-corrected chi connectivity index (χ2v) is 6.64. The Hall–Kier alpha value is -0.530. The highest BCUT2D eigenvalue weighted by molar-refractivity contribution is 5.66. The van der Waals surface area contributed by atoms with E-state index in [4.69, 9.17) is 5.11 Å². The van der Waals surface area contributed by atoms with Gasteiger partial charge in [0.2, 0.25) is 0 Å². The van der Waals surface area contributed by atoms with Crippen LogP contribution in [0.15, 0.2) is 0 Å². The third kappa shape index (κ3) is 15.5. The molecule has 0 radical (unpaired) electrons. The Morgan fingerprint density at radius 3 is 1.56 bits per heavy atom. The summed E-state index contributed by atoms with van der Waals surface area (Å²) in [7, 11) is 0. The largest absolute Gasteiger partial charge is 0.481 e. The van der Waals surface area contributed by atoms with Gasteiger partial charge in [-0.05, 0) is 18.3 Å². The molecule has 0 fully saturated rings. The first-order valence-corrected chi connectivity index (χ1v) is 7.63. The Labute approximate surface area is 113 Å². The molecule has 0 aromatic rings. The van der Waals surface area contributed by atoms with Gasteiger partial charge in [0, 0.05) is 6.42 Å². The molecule has 0 bridgehead atoms. The standard InChI is InChI=1S/C16H32O2/c1-16(2,3)14-12-10-8-6-4-5-7-9-11-13-15(17)18/h4-14H2,1-3H3,(H,17,18). The number of carboxylic acids is 1. The summed E-state index contributed by atoms with van der Waals surface area (Å²) < 4.78 is 0. The van der Waals surface area contributed by atoms with Crippen LogP contribution in [-0.2, 0) is 4.79 Å². The summed E-state index contributed by atoms with van der Waals surface area (Å²) in [6.45, 7) is 6.93. The van der Waals surface area contributed by atoms with Crippen LogP contribution in [0.4, 0.5) is 0 Å². The van der Waals surface area contributed by atoms with Crippen molar-refractivity contribution in [3.8, 4) is 0 Å². The lowest BCUT2D eigenvalue weighted by Gasteiger charge is -2.17. The first-order valence-electron chi connectivity index (χ1n) is 7.63. The molecule has 0 aliphatic rings. The van der Waals surface area contributed by atoms with Crippen LogP contribution in [0.25, 0.3) is 0 Å². The van der Waals surface area contributed by atoms with E-state index in [2.05, 4.69) is 20.8 Å². The summed E-state index contributed by atoms with van der Waals surface area (Å²) in [5.41, 5.74) is 0.490. The maximum atomic E-state index is 10.3. The molecule has 0 saturated heterocycles. The molecule has 108 valence electrons. The highest BCUT2D eigenvalue weighted by Crippen LogP contribution is 2.22. The van der Waals surface area contributed by atoms with E-state index in [-0.39, 0.29) is 0 Å². The first kappa shape index (κ1) is 17.5. The van der Waals surface area contributed by atoms with Gasteiger partial charge in [0.05, 0.1) is 0 Å². The van der Waals surface area contributed by atoms with E-state index in [1.807, 2.05) is 0 Å². The Kier molecular flexibility index (Phi) is 10.1. The zero-order valence-electron chi connectivity index (χ0n) is 12.6. The lowest BCUT2D eigenvalue weighted by atomic mass is 9.89. The fourth-order valence-electron chi connectivity index (χ4n) is 2.17. The molecule has 18 heavy (non-hydrogen) atoms. The van der Waals surface area contributed by atoms with Gasteiger partial charge >= 0.3 is 5.97 Å². The zero-order valence-corrected chi connectivity index (χ0v) is 12.6. The number of aliphatic carboxylic acids is 1. The van der Waals surface area contributed by atoms with Gasteiger partial charge in [0.1, 0.15) is 0 Å². The molecule has 2 nitrogen and oxygen atoms in total. The molecule has 0 heterocycles. The molecule has 0 aromatic carbocycles. The van der Waals surface area contributed by atoms with Crippen molar-refractivity contribution >= 4 is 5.97 Å². The van der Waals surface area contributed by atoms with Crippen molar-refractivity contribution in [2.24, 2.45) is 5.41 Å². The van der Waals surface area contributed by atoms with Gasteiger partial charge in [-0.25, -0.2) is 0 Å². The van der Waals surface area contributed by atoms with E-state index in [1.54, 1.807) is 0 Å². The quantitative estimate of drug-likeness (QED) is 0.502. The van der Waals surface area contributed by atoms with E-state index < -0.39 is 5.97 Å². The summed E-state index contributed by atoms with van der Waals surface area (Å²) in [4.78, 5) is 10.3. The average Bonchev–Trinajstić information content (AvgIpc) is 2.24. The molecule has 0 spiro atoms. The van der Waals surface area contributed by atoms with Gasteiger partial charge in [-0.2, -0.15) is 0 Å². The molecule has 0 atom stereocenters. The van der Waals surface area contributed by atoms with Crippen LogP contribution in [0.3, 0.4) is 0 Å². The highest BCUT2D eigenvalue weighted by Gasteiger charge is 2.08. The fourth-order valence-corrected chi connectivity index (χ4v) is 2.17. The van der Waals surface area contributed by atoms with Gasteiger partial charge in [0.15, 0.2) is 0 Å². The fraction of sp³-hybridized carbons (Fsp3) is 0.938. The number of carboxylic acid groups (broad SMARTS) is 1. The number of carbonyl (C=O) groups is 1. The normalized spacial score (nSPS) is 11.7. The SMILES string of the molecule is CC(C)(C)CCCCCCCCCCCC(=O)O. The molecule has 0 aromatic heterocycles. The van der Waals surface area contributed by atoms with E-state index in [1.165, 1.54) is 51.4 Å². The smallest absolute Gasteiger partial charge is 0.303 e. The molecule has 1 N–H and O–H groups in total. The Morgan fingerprint density at radius 1 is 0.778 bits per heavy atom. The summed E-state index contributed by atoms with van der Waals surface area (Å²) in [5.74, 6) is -0.658. The van der Waals surface area contributed by atoms with Crippen molar-refractivity contribution in [3.05, 3.63) is 0 Å². The lowest BCUT2D eigenvalue weighted by Crippen LogP contribution is -2.03. The average molecular weight is 256 g/mol. The number of unbranched alkanes of at least 4 members (excludes halogenated alkanes) is 8. The molecule has 0 amide bonds. The minimum absolute atomic E-state index is 0.340. The van der Waals surface area contributed by atoms with Gasteiger partial charge in [-0.1, -0.05) is 72.1 Å². The number of hydrogen-bond acceptors (Lipinski definition) is 1. The third-order valence-corrected chi connectivity index (χ3v) is 3.32. The third-order valence-electron chi connectivity index (χ3n) is 3.32. The highest BCUT2D eigenvalue weighted by atomic mass is 16.4. The molecule has 0 saturated carbocycles. The summed E-state index contributed by atoms with van der Waals surface area (Å²) in [6.07, 6.45) is 12.9. The minimum Gasteiger partial charge on any atom is -0.481 e. The van der Waals surface area contributed by atoms with Gasteiger partial charge in [0.25, 0.3) is 0 Å². The minimum atomic E-state index is -0.658. The van der Waals surface area contributed by atoms with Crippen LogP contribution in [-0.4, -0.2) is 11.1 Å². The predicted octanol–water partition coefficient (Wildman–Crippen LogP) is 5.41. The Morgan fingerprint density at radius 2 is 1.17 bits per heavy atom. The van der Waals surface area contributed by atoms with Crippen molar-refractivity contribution in [2.45, 2.75) is 91.4 Å². The molecule has 0 rings (SSSR count). The van der Waals surface area contributed by atoms with Crippen LogP contribution in [0.1, 0.15) is 91.4 Å². The van der Waals surface area contributed by atoms with Crippen LogP contribution in [0, 0.1) is 5.41 Å². The van der Waals surface area contributed by atoms with Crippen molar-refractivity contribution in [2.75, 3.05) is 0 Å². The zero-order chi connectivity index (χ0) is 13.9. The van der Waals surface area contributed by atoms with Crippen LogP contribution >= 0.6 is 0 Å². The molecule has 0 unspecified atom stereocenters. The van der Waals surface area contributed by atoms with E-state index >= 15 is 0 Å². The van der Waals surface area contributed by atoms with Crippen LogP contribution in [0.5, 0.6) is 0 Å². The van der Waals surface area contributed by atoms with Crippen LogP contribution < -0.4 is 0 Å². The second kappa shape index (κ2) is 10.4. The first-order chi connectivity index (χ1) is 8.42.